The predicted octanol–water partition coefficient (Wildman–Crippen LogP) is 1.63. The number of halogens is 3. The van der Waals surface area contributed by atoms with Gasteiger partial charge < -0.3 is 9.84 Å². The van der Waals surface area contributed by atoms with Crippen molar-refractivity contribution in [1.82, 2.24) is 0 Å². The van der Waals surface area contributed by atoms with Gasteiger partial charge in [0.15, 0.2) is 5.78 Å². The van der Waals surface area contributed by atoms with Gasteiger partial charge in [0, 0.05) is 5.56 Å². The van der Waals surface area contributed by atoms with Gasteiger partial charge in [-0.05, 0) is 19.1 Å². The van der Waals surface area contributed by atoms with E-state index in [0.717, 1.165) is 19.1 Å². The fourth-order valence-corrected chi connectivity index (χ4v) is 1.58. The maximum Gasteiger partial charge on any atom is 0.416 e. The molecule has 0 saturated carbocycles. The number of carbonyl (C=O) groups excluding carboxylic acids is 3. The predicted molar refractivity (Wildman–Crippen MR) is 68.0 cm³/mol. The number of hydrogen-bond acceptors (Lipinski definition) is 5. The van der Waals surface area contributed by atoms with E-state index in [-0.39, 0.29) is 12.2 Å². The molecule has 8 heteroatoms. The zero-order valence-electron chi connectivity index (χ0n) is 11.5. The molecule has 1 aromatic rings. The van der Waals surface area contributed by atoms with Gasteiger partial charge in [-0.25, -0.2) is 4.79 Å². The van der Waals surface area contributed by atoms with Crippen molar-refractivity contribution in [2.45, 2.75) is 13.1 Å². The third-order valence-electron chi connectivity index (χ3n) is 2.81. The number of Topliss-reactive ketones (excluding diaryl/α,β-unsaturated/α-hetero) is 2. The topological polar surface area (TPSA) is 80.7 Å². The van der Waals surface area contributed by atoms with Gasteiger partial charge in [0.05, 0.1) is 18.1 Å². The molecule has 1 unspecified atom stereocenters. The summed E-state index contributed by atoms with van der Waals surface area (Å²) in [4.78, 5) is 34.9. The van der Waals surface area contributed by atoms with E-state index in [9.17, 15) is 27.6 Å². The molecular formula is C14H13F3O5. The summed E-state index contributed by atoms with van der Waals surface area (Å²) in [6, 6.07) is 3.31. The van der Waals surface area contributed by atoms with Crippen molar-refractivity contribution in [2.75, 3.05) is 13.2 Å². The summed E-state index contributed by atoms with van der Waals surface area (Å²) in [6.45, 7) is 0.300. The Bertz CT molecular complexity index is 563. The first-order valence-electron chi connectivity index (χ1n) is 6.21. The van der Waals surface area contributed by atoms with E-state index in [0.29, 0.717) is 12.1 Å². The van der Waals surface area contributed by atoms with E-state index >= 15 is 0 Å². The number of hydrogen-bond donors (Lipinski definition) is 1. The van der Waals surface area contributed by atoms with E-state index in [1.54, 1.807) is 0 Å². The highest BCUT2D eigenvalue weighted by molar-refractivity contribution is 6.39. The number of carbonyl (C=O) groups is 3. The Morgan fingerprint density at radius 1 is 1.18 bits per heavy atom. The lowest BCUT2D eigenvalue weighted by molar-refractivity contribution is -0.155. The molecular weight excluding hydrogens is 305 g/mol. The molecule has 0 aromatic heterocycles. The van der Waals surface area contributed by atoms with Crippen molar-refractivity contribution < 1.29 is 37.4 Å². The zero-order chi connectivity index (χ0) is 16.9. The molecule has 0 spiro atoms. The molecule has 22 heavy (non-hydrogen) atoms. The highest BCUT2D eigenvalue weighted by atomic mass is 19.4. The molecule has 0 heterocycles. The van der Waals surface area contributed by atoms with Crippen LogP contribution in [0, 0.1) is 5.92 Å². The molecule has 5 nitrogen and oxygen atoms in total. The highest BCUT2D eigenvalue weighted by Gasteiger charge is 2.32. The van der Waals surface area contributed by atoms with Crippen LogP contribution in [0.4, 0.5) is 13.2 Å². The van der Waals surface area contributed by atoms with Gasteiger partial charge in [-0.1, -0.05) is 12.1 Å². The first-order valence-corrected chi connectivity index (χ1v) is 6.21. The Hall–Kier alpha value is -2.22. The van der Waals surface area contributed by atoms with Gasteiger partial charge in [0.1, 0.15) is 6.61 Å². The van der Waals surface area contributed by atoms with Crippen LogP contribution in [0.1, 0.15) is 22.8 Å². The maximum absolute atomic E-state index is 12.4. The number of ketones is 2. The van der Waals surface area contributed by atoms with Crippen LogP contribution in [0.25, 0.3) is 0 Å². The molecule has 0 aliphatic heterocycles. The smallest absolute Gasteiger partial charge is 0.416 e. The SMILES string of the molecule is CC(C(=O)C(=O)OCCO)C(=O)c1ccc(C(F)(F)F)cc1. The molecule has 0 amide bonds. The van der Waals surface area contributed by atoms with Crippen molar-refractivity contribution in [3.63, 3.8) is 0 Å². The Morgan fingerprint density at radius 3 is 2.18 bits per heavy atom. The summed E-state index contributed by atoms with van der Waals surface area (Å²) in [5, 5.41) is 8.47. The monoisotopic (exact) mass is 318 g/mol. The maximum atomic E-state index is 12.4. The van der Waals surface area contributed by atoms with Gasteiger partial charge in [-0.15, -0.1) is 0 Å². The van der Waals surface area contributed by atoms with Crippen LogP contribution >= 0.6 is 0 Å². The van der Waals surface area contributed by atoms with Crippen LogP contribution in [0.3, 0.4) is 0 Å². The minimum absolute atomic E-state index is 0.121. The summed E-state index contributed by atoms with van der Waals surface area (Å²) in [5.74, 6) is -4.58. The minimum atomic E-state index is -4.53. The zero-order valence-corrected chi connectivity index (χ0v) is 11.5. The van der Waals surface area contributed by atoms with Crippen molar-refractivity contribution >= 4 is 17.5 Å². The Kier molecular flexibility index (Phi) is 5.81. The Morgan fingerprint density at radius 2 is 1.73 bits per heavy atom. The van der Waals surface area contributed by atoms with Crippen LogP contribution in [0.15, 0.2) is 24.3 Å². The molecule has 0 bridgehead atoms. The molecule has 0 saturated heterocycles. The van der Waals surface area contributed by atoms with Gasteiger partial charge in [0.25, 0.3) is 5.78 Å². The minimum Gasteiger partial charge on any atom is -0.457 e. The van der Waals surface area contributed by atoms with Crippen LogP contribution in [0.5, 0.6) is 0 Å². The molecule has 0 aliphatic rings. The molecule has 1 rings (SSSR count). The fourth-order valence-electron chi connectivity index (χ4n) is 1.58. The van der Waals surface area contributed by atoms with E-state index in [1.807, 2.05) is 0 Å². The van der Waals surface area contributed by atoms with Crippen LogP contribution < -0.4 is 0 Å². The van der Waals surface area contributed by atoms with Crippen molar-refractivity contribution in [3.8, 4) is 0 Å². The lowest BCUT2D eigenvalue weighted by Gasteiger charge is -2.10. The van der Waals surface area contributed by atoms with Gasteiger partial charge in [-0.3, -0.25) is 9.59 Å². The lowest BCUT2D eigenvalue weighted by atomic mass is 9.95. The highest BCUT2D eigenvalue weighted by Crippen LogP contribution is 2.29. The third-order valence-corrected chi connectivity index (χ3v) is 2.81. The van der Waals surface area contributed by atoms with Gasteiger partial charge in [-0.2, -0.15) is 13.2 Å². The summed E-state index contributed by atoms with van der Waals surface area (Å²) in [7, 11) is 0. The number of rotatable bonds is 6. The summed E-state index contributed by atoms with van der Waals surface area (Å²) < 4.78 is 41.6. The first-order chi connectivity index (χ1) is 10.2. The quantitative estimate of drug-likeness (QED) is 0.373. The third kappa shape index (κ3) is 4.39. The average molecular weight is 318 g/mol. The molecule has 1 N–H and O–H groups in total. The second-order valence-corrected chi connectivity index (χ2v) is 4.38. The molecule has 120 valence electrons. The van der Waals surface area contributed by atoms with Crippen molar-refractivity contribution in [2.24, 2.45) is 5.92 Å². The van der Waals surface area contributed by atoms with Crippen molar-refractivity contribution in [1.29, 1.82) is 0 Å². The summed E-state index contributed by atoms with van der Waals surface area (Å²) in [6.07, 6.45) is -4.53. The van der Waals surface area contributed by atoms with E-state index in [4.69, 9.17) is 5.11 Å². The molecule has 1 atom stereocenters. The number of ether oxygens (including phenoxy) is 1. The summed E-state index contributed by atoms with van der Waals surface area (Å²) in [5.41, 5.74) is -1.05. The molecule has 0 radical (unpaired) electrons. The standard InChI is InChI=1S/C14H13F3O5/c1-8(12(20)13(21)22-7-6-18)11(19)9-2-4-10(5-3-9)14(15,16)17/h2-5,8,18H,6-7H2,1H3. The number of esters is 1. The number of aliphatic hydroxyl groups excluding tert-OH is 1. The largest absolute Gasteiger partial charge is 0.457 e. The van der Waals surface area contributed by atoms with Crippen molar-refractivity contribution in [3.05, 3.63) is 35.4 Å². The second kappa shape index (κ2) is 7.17. The Labute approximate surface area is 123 Å². The first kappa shape index (κ1) is 17.8. The molecule has 0 fully saturated rings. The van der Waals surface area contributed by atoms with E-state index in [2.05, 4.69) is 4.74 Å². The van der Waals surface area contributed by atoms with Gasteiger partial charge >= 0.3 is 12.1 Å². The summed E-state index contributed by atoms with van der Waals surface area (Å²) >= 11 is 0. The van der Waals surface area contributed by atoms with Crippen LogP contribution in [0.2, 0.25) is 0 Å². The van der Waals surface area contributed by atoms with Gasteiger partial charge in [0.2, 0.25) is 0 Å². The average Bonchev–Trinajstić information content (AvgIpc) is 2.49. The van der Waals surface area contributed by atoms with E-state index < -0.39 is 41.8 Å². The van der Waals surface area contributed by atoms with E-state index in [1.165, 1.54) is 0 Å². The van der Waals surface area contributed by atoms with Crippen LogP contribution in [-0.2, 0) is 20.5 Å². The molecule has 1 aromatic carbocycles. The number of benzene rings is 1. The normalized spacial score (nSPS) is 12.6. The van der Waals surface area contributed by atoms with Crippen LogP contribution in [-0.4, -0.2) is 35.9 Å². The fraction of sp³-hybridized carbons (Fsp3) is 0.357. The lowest BCUT2D eigenvalue weighted by Crippen LogP contribution is -2.30. The molecule has 0 aliphatic carbocycles. The Balaban J connectivity index is 2.82. The number of alkyl halides is 3. The second-order valence-electron chi connectivity index (χ2n) is 4.38. The number of aliphatic hydroxyl groups is 1.